The van der Waals surface area contributed by atoms with Crippen molar-refractivity contribution in [2.75, 3.05) is 0 Å². The molecule has 5 heteroatoms. The quantitative estimate of drug-likeness (QED) is 0.682. The smallest absolute Gasteiger partial charge is 0.314 e. The van der Waals surface area contributed by atoms with Gasteiger partial charge in [0.1, 0.15) is 11.7 Å². The fourth-order valence-electron chi connectivity index (χ4n) is 1.52. The first-order chi connectivity index (χ1) is 7.20. The van der Waals surface area contributed by atoms with Crippen molar-refractivity contribution in [1.29, 1.82) is 5.26 Å². The number of nitriles is 1. The van der Waals surface area contributed by atoms with Crippen molar-refractivity contribution < 1.29 is 19.8 Å². The molecule has 0 spiro atoms. The number of nitrogens with zero attached hydrogens (tertiary/aromatic N) is 1. The molecule has 0 aliphatic carbocycles. The van der Waals surface area contributed by atoms with Crippen LogP contribution in [0.1, 0.15) is 33.6 Å². The average Bonchev–Trinajstić information content (AvgIpc) is 1.99. The number of carbonyl (C=O) groups is 2. The van der Waals surface area contributed by atoms with Gasteiger partial charge in [-0.05, 0) is 5.41 Å². The van der Waals surface area contributed by atoms with Gasteiger partial charge in [0.05, 0.1) is 18.6 Å². The highest BCUT2D eigenvalue weighted by atomic mass is 16.4. The molecular formula is C11H17NO4. The molecule has 0 saturated heterocycles. The normalized spacial score (nSPS) is 14.9. The molecule has 0 aromatic carbocycles. The van der Waals surface area contributed by atoms with Gasteiger partial charge in [0, 0.05) is 6.42 Å². The SMILES string of the molecule is CC(C)(C)C(C(=O)O)C(=O)C[C@H](O)CC#N. The zero-order chi connectivity index (χ0) is 12.9. The Morgan fingerprint density at radius 3 is 2.19 bits per heavy atom. The molecular weight excluding hydrogens is 210 g/mol. The van der Waals surface area contributed by atoms with E-state index in [4.69, 9.17) is 10.4 Å². The first kappa shape index (κ1) is 14.6. The topological polar surface area (TPSA) is 98.4 Å². The summed E-state index contributed by atoms with van der Waals surface area (Å²) in [4.78, 5) is 22.6. The fraction of sp³-hybridized carbons (Fsp3) is 0.727. The van der Waals surface area contributed by atoms with E-state index in [-0.39, 0.29) is 12.8 Å². The fourth-order valence-corrected chi connectivity index (χ4v) is 1.52. The van der Waals surface area contributed by atoms with Crippen molar-refractivity contribution in [3.63, 3.8) is 0 Å². The molecule has 0 aliphatic rings. The highest BCUT2D eigenvalue weighted by Gasteiger charge is 2.37. The second-order valence-electron chi connectivity index (χ2n) is 4.82. The molecule has 0 fully saturated rings. The van der Waals surface area contributed by atoms with E-state index in [1.165, 1.54) is 0 Å². The number of aliphatic hydroxyl groups excluding tert-OH is 1. The molecule has 0 aromatic rings. The van der Waals surface area contributed by atoms with Crippen LogP contribution in [-0.2, 0) is 9.59 Å². The Hall–Kier alpha value is -1.41. The molecule has 0 aromatic heterocycles. The molecule has 1 unspecified atom stereocenters. The van der Waals surface area contributed by atoms with Crippen molar-refractivity contribution >= 4 is 11.8 Å². The lowest BCUT2D eigenvalue weighted by molar-refractivity contribution is -0.151. The highest BCUT2D eigenvalue weighted by Crippen LogP contribution is 2.28. The Kier molecular flexibility index (Phi) is 5.12. The molecule has 2 atom stereocenters. The maximum Gasteiger partial charge on any atom is 0.314 e. The van der Waals surface area contributed by atoms with Crippen LogP contribution in [0.3, 0.4) is 0 Å². The Morgan fingerprint density at radius 2 is 1.88 bits per heavy atom. The van der Waals surface area contributed by atoms with E-state index >= 15 is 0 Å². The van der Waals surface area contributed by atoms with Crippen LogP contribution in [0.15, 0.2) is 0 Å². The van der Waals surface area contributed by atoms with Gasteiger partial charge in [0.15, 0.2) is 0 Å². The molecule has 0 rings (SSSR count). The third-order valence-corrected chi connectivity index (χ3v) is 2.20. The summed E-state index contributed by atoms with van der Waals surface area (Å²) in [5, 5.41) is 26.6. The Balaban J connectivity index is 4.67. The van der Waals surface area contributed by atoms with Gasteiger partial charge in [-0.15, -0.1) is 0 Å². The summed E-state index contributed by atoms with van der Waals surface area (Å²) in [6, 6.07) is 1.73. The van der Waals surface area contributed by atoms with E-state index in [9.17, 15) is 14.7 Å². The zero-order valence-electron chi connectivity index (χ0n) is 9.73. The van der Waals surface area contributed by atoms with Crippen molar-refractivity contribution in [3.8, 4) is 6.07 Å². The predicted molar refractivity (Wildman–Crippen MR) is 56.4 cm³/mol. The van der Waals surface area contributed by atoms with Crippen molar-refractivity contribution in [3.05, 3.63) is 0 Å². The number of ketones is 1. The van der Waals surface area contributed by atoms with Crippen molar-refractivity contribution in [2.24, 2.45) is 11.3 Å². The molecule has 5 nitrogen and oxygen atoms in total. The lowest BCUT2D eigenvalue weighted by Crippen LogP contribution is -2.37. The van der Waals surface area contributed by atoms with Gasteiger partial charge in [0.25, 0.3) is 0 Å². The number of hydrogen-bond donors (Lipinski definition) is 2. The third-order valence-electron chi connectivity index (χ3n) is 2.20. The minimum atomic E-state index is -1.19. The first-order valence-corrected chi connectivity index (χ1v) is 5.00. The summed E-state index contributed by atoms with van der Waals surface area (Å²) in [5.74, 6) is -2.88. The summed E-state index contributed by atoms with van der Waals surface area (Å²) in [7, 11) is 0. The van der Waals surface area contributed by atoms with Crippen LogP contribution in [0, 0.1) is 22.7 Å². The maximum atomic E-state index is 11.7. The number of Topliss-reactive ketones (excluding diaryl/α,β-unsaturated/α-hetero) is 1. The molecule has 0 bridgehead atoms. The Bertz CT molecular complexity index is 311. The number of carboxylic acid groups (broad SMARTS) is 1. The van der Waals surface area contributed by atoms with Crippen LogP contribution >= 0.6 is 0 Å². The van der Waals surface area contributed by atoms with E-state index in [1.54, 1.807) is 26.8 Å². The van der Waals surface area contributed by atoms with Crippen LogP contribution < -0.4 is 0 Å². The van der Waals surface area contributed by atoms with Gasteiger partial charge in [-0.1, -0.05) is 20.8 Å². The molecule has 90 valence electrons. The van der Waals surface area contributed by atoms with E-state index in [0.29, 0.717) is 0 Å². The van der Waals surface area contributed by atoms with Crippen LogP contribution in [-0.4, -0.2) is 28.1 Å². The summed E-state index contributed by atoms with van der Waals surface area (Å²) in [5.41, 5.74) is -0.699. The minimum Gasteiger partial charge on any atom is -0.481 e. The number of carboxylic acids is 1. The van der Waals surface area contributed by atoms with Crippen molar-refractivity contribution in [1.82, 2.24) is 0 Å². The lowest BCUT2D eigenvalue weighted by Gasteiger charge is -2.26. The second kappa shape index (κ2) is 5.61. The average molecular weight is 227 g/mol. The zero-order valence-corrected chi connectivity index (χ0v) is 9.73. The van der Waals surface area contributed by atoms with Crippen LogP contribution in [0.2, 0.25) is 0 Å². The first-order valence-electron chi connectivity index (χ1n) is 5.00. The number of carbonyl (C=O) groups excluding carboxylic acids is 1. The van der Waals surface area contributed by atoms with Crippen LogP contribution in [0.4, 0.5) is 0 Å². The largest absolute Gasteiger partial charge is 0.481 e. The van der Waals surface area contributed by atoms with Gasteiger partial charge < -0.3 is 10.2 Å². The second-order valence-corrected chi connectivity index (χ2v) is 4.82. The van der Waals surface area contributed by atoms with E-state index < -0.39 is 29.2 Å². The number of rotatable bonds is 5. The number of aliphatic hydroxyl groups is 1. The van der Waals surface area contributed by atoms with E-state index in [0.717, 1.165) is 0 Å². The highest BCUT2D eigenvalue weighted by molar-refractivity contribution is 5.99. The van der Waals surface area contributed by atoms with Gasteiger partial charge in [-0.2, -0.15) is 5.26 Å². The predicted octanol–water partition coefficient (Wildman–Crippen LogP) is 0.967. The van der Waals surface area contributed by atoms with Gasteiger partial charge in [0.2, 0.25) is 0 Å². The summed E-state index contributed by atoms with van der Waals surface area (Å²) in [6.07, 6.45) is -1.54. The lowest BCUT2D eigenvalue weighted by atomic mass is 9.77. The molecule has 0 heterocycles. The minimum absolute atomic E-state index is 0.164. The summed E-state index contributed by atoms with van der Waals surface area (Å²) in [6.45, 7) is 4.96. The van der Waals surface area contributed by atoms with Crippen LogP contribution in [0.5, 0.6) is 0 Å². The Morgan fingerprint density at radius 1 is 1.38 bits per heavy atom. The van der Waals surface area contributed by atoms with Gasteiger partial charge in [-0.25, -0.2) is 0 Å². The van der Waals surface area contributed by atoms with E-state index in [2.05, 4.69) is 0 Å². The maximum absolute atomic E-state index is 11.7. The monoisotopic (exact) mass is 227 g/mol. The van der Waals surface area contributed by atoms with E-state index in [1.807, 2.05) is 0 Å². The summed E-state index contributed by atoms with van der Waals surface area (Å²) < 4.78 is 0. The molecule has 2 N–H and O–H groups in total. The molecule has 0 amide bonds. The summed E-state index contributed by atoms with van der Waals surface area (Å²) >= 11 is 0. The molecule has 0 radical (unpaired) electrons. The number of hydrogen-bond acceptors (Lipinski definition) is 4. The number of aliphatic carboxylic acids is 1. The Labute approximate surface area is 94.7 Å². The van der Waals surface area contributed by atoms with Crippen LogP contribution in [0.25, 0.3) is 0 Å². The standard InChI is InChI=1S/C11H17NO4/c1-11(2,3)9(10(15)16)8(14)6-7(13)4-5-12/h7,9,13H,4,6H2,1-3H3,(H,15,16)/t7-,9?/m1/s1. The third kappa shape index (κ3) is 4.41. The molecule has 0 saturated carbocycles. The molecule has 0 aliphatic heterocycles. The van der Waals surface area contributed by atoms with Crippen molar-refractivity contribution in [2.45, 2.75) is 39.7 Å². The molecule has 16 heavy (non-hydrogen) atoms. The van der Waals surface area contributed by atoms with Gasteiger partial charge in [-0.3, -0.25) is 9.59 Å². The van der Waals surface area contributed by atoms with Gasteiger partial charge >= 0.3 is 5.97 Å².